The van der Waals surface area contributed by atoms with Crippen molar-refractivity contribution in [3.8, 4) is 11.1 Å². The average molecular weight is 458 g/mol. The molecule has 5 nitrogen and oxygen atoms in total. The van der Waals surface area contributed by atoms with Gasteiger partial charge in [-0.05, 0) is 48.4 Å². The second kappa shape index (κ2) is 8.24. The molecule has 0 aliphatic heterocycles. The van der Waals surface area contributed by atoms with Crippen LogP contribution in [0.1, 0.15) is 5.56 Å². The standard InChI is InChI=1S/C19H19NO4S3.ClH/c1-13-6-4-5-7-15(13)16-12-14(8-9-17(16)26(3,21)22)27(23,24)19-11-10-18(20-2)25-19;/h4-12,20H,1-3H3;1H. The van der Waals surface area contributed by atoms with Crippen LogP contribution in [0.5, 0.6) is 0 Å². The van der Waals surface area contributed by atoms with Crippen LogP contribution in [0.3, 0.4) is 0 Å². The van der Waals surface area contributed by atoms with Gasteiger partial charge in [-0.2, -0.15) is 0 Å². The van der Waals surface area contributed by atoms with E-state index in [2.05, 4.69) is 5.32 Å². The van der Waals surface area contributed by atoms with Crippen molar-refractivity contribution in [3.63, 3.8) is 0 Å². The van der Waals surface area contributed by atoms with Crippen LogP contribution >= 0.6 is 23.7 Å². The summed E-state index contributed by atoms with van der Waals surface area (Å²) >= 11 is 1.13. The third-order valence-corrected chi connectivity index (χ3v) is 8.69. The molecule has 0 saturated heterocycles. The first-order valence-corrected chi connectivity index (χ1v) is 12.3. The number of nitrogens with one attached hydrogen (secondary N) is 1. The zero-order chi connectivity index (χ0) is 19.8. The van der Waals surface area contributed by atoms with E-state index in [-0.39, 0.29) is 26.4 Å². The van der Waals surface area contributed by atoms with Gasteiger partial charge in [0.2, 0.25) is 9.84 Å². The molecule has 0 aliphatic rings. The van der Waals surface area contributed by atoms with Gasteiger partial charge in [-0.25, -0.2) is 16.8 Å². The van der Waals surface area contributed by atoms with E-state index in [9.17, 15) is 16.8 Å². The van der Waals surface area contributed by atoms with Gasteiger partial charge in [0, 0.05) is 18.9 Å². The molecular weight excluding hydrogens is 438 g/mol. The van der Waals surface area contributed by atoms with Gasteiger partial charge in [-0.15, -0.1) is 23.7 Å². The fourth-order valence-corrected chi connectivity index (χ4v) is 6.27. The molecule has 0 radical (unpaired) electrons. The lowest BCUT2D eigenvalue weighted by molar-refractivity contribution is 0.596. The summed E-state index contributed by atoms with van der Waals surface area (Å²) in [6, 6.07) is 14.7. The van der Waals surface area contributed by atoms with Gasteiger partial charge in [0.05, 0.1) is 14.8 Å². The Morgan fingerprint density at radius 1 is 0.893 bits per heavy atom. The smallest absolute Gasteiger partial charge is 0.216 e. The van der Waals surface area contributed by atoms with Gasteiger partial charge in [-0.1, -0.05) is 24.3 Å². The number of halogens is 1. The minimum absolute atomic E-state index is 0. The van der Waals surface area contributed by atoms with Crippen molar-refractivity contribution in [2.24, 2.45) is 0 Å². The summed E-state index contributed by atoms with van der Waals surface area (Å²) in [5, 5.41) is 3.66. The van der Waals surface area contributed by atoms with E-state index in [0.717, 1.165) is 28.2 Å². The van der Waals surface area contributed by atoms with Crippen LogP contribution in [0, 0.1) is 6.92 Å². The summed E-state index contributed by atoms with van der Waals surface area (Å²) in [6.07, 6.45) is 1.12. The maximum absolute atomic E-state index is 13.0. The molecule has 0 atom stereocenters. The van der Waals surface area contributed by atoms with E-state index in [4.69, 9.17) is 0 Å². The van der Waals surface area contributed by atoms with Crippen molar-refractivity contribution in [2.75, 3.05) is 18.6 Å². The fraction of sp³-hybridized carbons (Fsp3) is 0.158. The average Bonchev–Trinajstić information content (AvgIpc) is 3.11. The highest BCUT2D eigenvalue weighted by atomic mass is 35.5. The largest absolute Gasteiger partial charge is 0.380 e. The normalized spacial score (nSPS) is 11.7. The van der Waals surface area contributed by atoms with E-state index < -0.39 is 19.7 Å². The summed E-state index contributed by atoms with van der Waals surface area (Å²) in [6.45, 7) is 1.86. The molecular formula is C19H20ClNO4S3. The van der Waals surface area contributed by atoms with Gasteiger partial charge < -0.3 is 5.32 Å². The Kier molecular flexibility index (Phi) is 6.60. The second-order valence-electron chi connectivity index (χ2n) is 6.12. The molecule has 2 aromatic carbocycles. The van der Waals surface area contributed by atoms with Crippen molar-refractivity contribution in [3.05, 3.63) is 60.2 Å². The van der Waals surface area contributed by atoms with Crippen LogP contribution in [0.15, 0.2) is 68.6 Å². The third-order valence-electron chi connectivity index (χ3n) is 4.19. The Hall–Kier alpha value is -1.87. The number of thiophene rings is 1. The molecule has 3 rings (SSSR count). The molecule has 0 spiro atoms. The first-order valence-electron chi connectivity index (χ1n) is 8.07. The Morgan fingerprint density at radius 3 is 2.14 bits per heavy atom. The van der Waals surface area contributed by atoms with Crippen LogP contribution in [0.4, 0.5) is 5.00 Å². The molecule has 0 saturated carbocycles. The molecule has 0 amide bonds. The fourth-order valence-electron chi connectivity index (χ4n) is 2.80. The first-order chi connectivity index (χ1) is 12.6. The van der Waals surface area contributed by atoms with Crippen molar-refractivity contribution in [2.45, 2.75) is 20.9 Å². The van der Waals surface area contributed by atoms with Gasteiger partial charge in [-0.3, -0.25) is 0 Å². The summed E-state index contributed by atoms with van der Waals surface area (Å²) in [5.74, 6) is 0. The Labute approximate surface area is 175 Å². The zero-order valence-corrected chi connectivity index (χ0v) is 18.7. The molecule has 0 bridgehead atoms. The molecule has 0 fully saturated rings. The van der Waals surface area contributed by atoms with Crippen LogP contribution in [0.2, 0.25) is 0 Å². The van der Waals surface area contributed by atoms with Crippen LogP contribution < -0.4 is 5.32 Å². The highest BCUT2D eigenvalue weighted by molar-refractivity contribution is 7.93. The monoisotopic (exact) mass is 457 g/mol. The second-order valence-corrected chi connectivity index (χ2v) is 11.4. The first kappa shape index (κ1) is 22.4. The zero-order valence-electron chi connectivity index (χ0n) is 15.5. The number of hydrogen-bond donors (Lipinski definition) is 1. The molecule has 0 unspecified atom stereocenters. The highest BCUT2D eigenvalue weighted by Crippen LogP contribution is 2.35. The van der Waals surface area contributed by atoms with Crippen molar-refractivity contribution in [1.29, 1.82) is 0 Å². The highest BCUT2D eigenvalue weighted by Gasteiger charge is 2.24. The van der Waals surface area contributed by atoms with E-state index in [1.54, 1.807) is 31.3 Å². The number of anilines is 1. The Balaban J connectivity index is 0.00000280. The molecule has 9 heteroatoms. The molecule has 150 valence electrons. The van der Waals surface area contributed by atoms with E-state index in [0.29, 0.717) is 11.1 Å². The van der Waals surface area contributed by atoms with E-state index in [1.807, 2.05) is 19.1 Å². The maximum Gasteiger partial charge on any atom is 0.216 e. The predicted molar refractivity (Wildman–Crippen MR) is 116 cm³/mol. The summed E-state index contributed by atoms with van der Waals surface area (Å²) < 4.78 is 50.8. The van der Waals surface area contributed by atoms with Crippen molar-refractivity contribution >= 4 is 48.4 Å². The molecule has 1 heterocycles. The minimum Gasteiger partial charge on any atom is -0.380 e. The maximum atomic E-state index is 13.0. The lowest BCUT2D eigenvalue weighted by Crippen LogP contribution is -2.05. The van der Waals surface area contributed by atoms with Crippen LogP contribution in [0.25, 0.3) is 11.1 Å². The summed E-state index contributed by atoms with van der Waals surface area (Å²) in [5.41, 5.74) is 1.95. The number of aryl methyl sites for hydroxylation is 1. The number of benzene rings is 2. The third kappa shape index (κ3) is 4.25. The predicted octanol–water partition coefficient (Wildman–Crippen LogP) is 4.42. The topological polar surface area (TPSA) is 80.3 Å². The van der Waals surface area contributed by atoms with E-state index >= 15 is 0 Å². The summed E-state index contributed by atoms with van der Waals surface area (Å²) in [4.78, 5) is 0.176. The van der Waals surface area contributed by atoms with Gasteiger partial charge in [0.15, 0.2) is 9.84 Å². The molecule has 28 heavy (non-hydrogen) atoms. The quantitative estimate of drug-likeness (QED) is 0.613. The molecule has 0 aliphatic carbocycles. The van der Waals surface area contributed by atoms with Gasteiger partial charge in [0.1, 0.15) is 4.21 Å². The van der Waals surface area contributed by atoms with Crippen LogP contribution in [-0.4, -0.2) is 30.1 Å². The number of sulfone groups is 2. The SMILES string of the molecule is CNc1ccc(S(=O)(=O)c2ccc(S(C)(=O)=O)c(-c3ccccc3C)c2)s1.Cl. The Bertz CT molecular complexity index is 1220. The number of hydrogen-bond acceptors (Lipinski definition) is 6. The lowest BCUT2D eigenvalue weighted by Gasteiger charge is -2.13. The Morgan fingerprint density at radius 2 is 1.57 bits per heavy atom. The van der Waals surface area contributed by atoms with E-state index in [1.165, 1.54) is 18.2 Å². The van der Waals surface area contributed by atoms with Crippen LogP contribution in [-0.2, 0) is 19.7 Å². The van der Waals surface area contributed by atoms with Crippen molar-refractivity contribution < 1.29 is 16.8 Å². The molecule has 1 N–H and O–H groups in total. The molecule has 1 aromatic heterocycles. The number of rotatable bonds is 5. The molecule has 3 aromatic rings. The van der Waals surface area contributed by atoms with Crippen molar-refractivity contribution in [1.82, 2.24) is 0 Å². The lowest BCUT2D eigenvalue weighted by atomic mass is 10.0. The minimum atomic E-state index is -3.75. The summed E-state index contributed by atoms with van der Waals surface area (Å²) in [7, 11) is -5.56. The van der Waals surface area contributed by atoms with Gasteiger partial charge >= 0.3 is 0 Å². The van der Waals surface area contributed by atoms with Gasteiger partial charge in [0.25, 0.3) is 0 Å².